The van der Waals surface area contributed by atoms with Gasteiger partial charge < -0.3 is 4.74 Å². The van der Waals surface area contributed by atoms with Gasteiger partial charge in [-0.15, -0.1) is 0 Å². The van der Waals surface area contributed by atoms with E-state index in [9.17, 15) is 18.0 Å². The van der Waals surface area contributed by atoms with E-state index in [0.29, 0.717) is 5.56 Å². The van der Waals surface area contributed by atoms with E-state index in [1.807, 2.05) is 6.92 Å². The molecule has 6 heteroatoms. The van der Waals surface area contributed by atoms with Gasteiger partial charge in [0.05, 0.1) is 13.2 Å². The van der Waals surface area contributed by atoms with Gasteiger partial charge in [0, 0.05) is 0 Å². The topological polar surface area (TPSA) is 38.3 Å². The molecule has 0 aliphatic rings. The molecule has 1 rings (SSSR count). The number of carbonyl (C=O) groups excluding carboxylic acids is 1. The summed E-state index contributed by atoms with van der Waals surface area (Å²) in [5, 5.41) is 2.20. The Bertz CT molecular complexity index is 429. The summed E-state index contributed by atoms with van der Waals surface area (Å²) in [6, 6.07) is 5.75. The van der Waals surface area contributed by atoms with Gasteiger partial charge in [0.1, 0.15) is 6.04 Å². The molecule has 0 bridgehead atoms. The Hall–Kier alpha value is -1.56. The van der Waals surface area contributed by atoms with Gasteiger partial charge in [-0.25, -0.2) is 4.79 Å². The number of hydrogen-bond donors (Lipinski definition) is 1. The summed E-state index contributed by atoms with van der Waals surface area (Å²) in [4.78, 5) is 11.8. The lowest BCUT2D eigenvalue weighted by molar-refractivity contribution is -0.149. The molecule has 112 valence electrons. The van der Waals surface area contributed by atoms with Crippen molar-refractivity contribution in [2.45, 2.75) is 32.5 Å². The van der Waals surface area contributed by atoms with Crippen LogP contribution in [-0.4, -0.2) is 25.3 Å². The van der Waals surface area contributed by atoms with E-state index in [-0.39, 0.29) is 6.61 Å². The molecule has 20 heavy (non-hydrogen) atoms. The largest absolute Gasteiger partial charge is 0.465 e. The molecule has 0 spiro atoms. The van der Waals surface area contributed by atoms with E-state index in [4.69, 9.17) is 4.74 Å². The highest BCUT2D eigenvalue weighted by Gasteiger charge is 2.31. The first-order valence-corrected chi connectivity index (χ1v) is 6.43. The van der Waals surface area contributed by atoms with E-state index in [2.05, 4.69) is 5.32 Å². The summed E-state index contributed by atoms with van der Waals surface area (Å²) in [6.45, 7) is 2.46. The number of benzene rings is 1. The fourth-order valence-electron chi connectivity index (χ4n) is 1.73. The number of hydrogen-bond acceptors (Lipinski definition) is 3. The third-order valence-corrected chi connectivity index (χ3v) is 2.75. The number of carbonyl (C=O) groups is 1. The van der Waals surface area contributed by atoms with Crippen LogP contribution in [0.4, 0.5) is 13.2 Å². The van der Waals surface area contributed by atoms with Crippen LogP contribution >= 0.6 is 0 Å². The minimum Gasteiger partial charge on any atom is -0.465 e. The predicted octanol–water partition coefficient (Wildman–Crippen LogP) is 3.01. The van der Waals surface area contributed by atoms with Crippen molar-refractivity contribution in [1.82, 2.24) is 5.32 Å². The zero-order chi connectivity index (χ0) is 15.2. The lowest BCUT2D eigenvalue weighted by atomic mass is 10.0. The highest BCUT2D eigenvalue weighted by Crippen LogP contribution is 2.19. The highest BCUT2D eigenvalue weighted by atomic mass is 19.4. The van der Waals surface area contributed by atoms with Gasteiger partial charge in [-0.1, -0.05) is 31.2 Å². The molecule has 0 amide bonds. The molecule has 1 N–H and O–H groups in total. The van der Waals surface area contributed by atoms with Crippen molar-refractivity contribution in [3.63, 3.8) is 0 Å². The first kappa shape index (κ1) is 16.5. The maximum Gasteiger partial charge on any atom is 0.401 e. The van der Waals surface area contributed by atoms with Crippen LogP contribution in [0.25, 0.3) is 0 Å². The molecular formula is C14H18F3NO2. The first-order valence-electron chi connectivity index (χ1n) is 6.43. The second-order valence-electron chi connectivity index (χ2n) is 4.28. The van der Waals surface area contributed by atoms with Crippen molar-refractivity contribution >= 4 is 5.97 Å². The molecule has 0 aliphatic heterocycles. The van der Waals surface area contributed by atoms with E-state index in [0.717, 1.165) is 12.0 Å². The third kappa shape index (κ3) is 5.21. The van der Waals surface area contributed by atoms with Crippen molar-refractivity contribution < 1.29 is 22.7 Å². The number of aryl methyl sites for hydroxylation is 1. The molecule has 0 aromatic heterocycles. The molecule has 0 saturated heterocycles. The zero-order valence-corrected chi connectivity index (χ0v) is 11.5. The average Bonchev–Trinajstić information content (AvgIpc) is 2.38. The Labute approximate surface area is 116 Å². The summed E-state index contributed by atoms with van der Waals surface area (Å²) in [6.07, 6.45) is -3.56. The molecule has 1 unspecified atom stereocenters. The molecule has 0 radical (unpaired) electrons. The number of halogens is 3. The normalized spacial score (nSPS) is 13.1. The summed E-state index contributed by atoms with van der Waals surface area (Å²) in [7, 11) is 0. The number of nitrogens with one attached hydrogen (secondary N) is 1. The monoisotopic (exact) mass is 289 g/mol. The van der Waals surface area contributed by atoms with Gasteiger partial charge in [0.2, 0.25) is 0 Å². The average molecular weight is 289 g/mol. The SMILES string of the molecule is CCOC(=O)C(NCC(F)(F)F)c1ccc(CC)cc1. The lowest BCUT2D eigenvalue weighted by Gasteiger charge is -2.19. The maximum absolute atomic E-state index is 12.3. The number of ether oxygens (including phenoxy) is 1. The van der Waals surface area contributed by atoms with Crippen LogP contribution < -0.4 is 5.32 Å². The minimum absolute atomic E-state index is 0.121. The second kappa shape index (κ2) is 7.28. The molecule has 0 saturated carbocycles. The number of esters is 1. The van der Waals surface area contributed by atoms with Gasteiger partial charge in [-0.05, 0) is 24.5 Å². The Morgan fingerprint density at radius 2 is 1.85 bits per heavy atom. The summed E-state index contributed by atoms with van der Waals surface area (Å²) >= 11 is 0. The smallest absolute Gasteiger partial charge is 0.401 e. The van der Waals surface area contributed by atoms with Crippen LogP contribution in [0.5, 0.6) is 0 Å². The second-order valence-corrected chi connectivity index (χ2v) is 4.28. The number of rotatable bonds is 6. The van der Waals surface area contributed by atoms with Crippen molar-refractivity contribution in [1.29, 1.82) is 0 Å². The Morgan fingerprint density at radius 1 is 1.25 bits per heavy atom. The van der Waals surface area contributed by atoms with Crippen LogP contribution in [0.1, 0.15) is 31.0 Å². The molecule has 1 atom stereocenters. The van der Waals surface area contributed by atoms with Crippen LogP contribution in [-0.2, 0) is 16.0 Å². The van der Waals surface area contributed by atoms with Crippen LogP contribution in [0.2, 0.25) is 0 Å². The van der Waals surface area contributed by atoms with Gasteiger partial charge in [0.25, 0.3) is 0 Å². The fourth-order valence-corrected chi connectivity index (χ4v) is 1.73. The Morgan fingerprint density at radius 3 is 2.30 bits per heavy atom. The quantitative estimate of drug-likeness (QED) is 0.818. The summed E-state index contributed by atoms with van der Waals surface area (Å²) in [5.41, 5.74) is 1.51. The predicted molar refractivity (Wildman–Crippen MR) is 69.3 cm³/mol. The van der Waals surface area contributed by atoms with Gasteiger partial charge in [-0.3, -0.25) is 5.32 Å². The Kier molecular flexibility index (Phi) is 6.01. The first-order chi connectivity index (χ1) is 9.37. The van der Waals surface area contributed by atoms with Gasteiger partial charge >= 0.3 is 12.1 Å². The molecule has 1 aromatic rings. The zero-order valence-electron chi connectivity index (χ0n) is 11.5. The van der Waals surface area contributed by atoms with Crippen molar-refractivity contribution in [3.05, 3.63) is 35.4 Å². The van der Waals surface area contributed by atoms with Gasteiger partial charge in [-0.2, -0.15) is 13.2 Å². The molecule has 3 nitrogen and oxygen atoms in total. The fraction of sp³-hybridized carbons (Fsp3) is 0.500. The molecular weight excluding hydrogens is 271 g/mol. The molecule has 1 aromatic carbocycles. The van der Waals surface area contributed by atoms with E-state index >= 15 is 0 Å². The summed E-state index contributed by atoms with van der Waals surface area (Å²) in [5.74, 6) is -0.707. The minimum atomic E-state index is -4.38. The van der Waals surface area contributed by atoms with Crippen molar-refractivity contribution in [3.8, 4) is 0 Å². The highest BCUT2D eigenvalue weighted by molar-refractivity contribution is 5.77. The van der Waals surface area contributed by atoms with E-state index < -0.39 is 24.7 Å². The van der Waals surface area contributed by atoms with Gasteiger partial charge in [0.15, 0.2) is 0 Å². The van der Waals surface area contributed by atoms with E-state index in [1.165, 1.54) is 0 Å². The third-order valence-electron chi connectivity index (χ3n) is 2.75. The lowest BCUT2D eigenvalue weighted by Crippen LogP contribution is -2.36. The van der Waals surface area contributed by atoms with Crippen LogP contribution in [0.3, 0.4) is 0 Å². The molecule has 0 aliphatic carbocycles. The van der Waals surface area contributed by atoms with Crippen molar-refractivity contribution in [2.24, 2.45) is 0 Å². The summed E-state index contributed by atoms with van der Waals surface area (Å²) < 4.78 is 41.7. The Balaban J connectivity index is 2.87. The number of alkyl halides is 3. The molecule has 0 fully saturated rings. The van der Waals surface area contributed by atoms with E-state index in [1.54, 1.807) is 31.2 Å². The van der Waals surface area contributed by atoms with Crippen LogP contribution in [0.15, 0.2) is 24.3 Å². The maximum atomic E-state index is 12.3. The standard InChI is InChI=1S/C14H18F3NO2/c1-3-10-5-7-11(8-6-10)12(13(19)20-4-2)18-9-14(15,16)17/h5-8,12,18H,3-4,9H2,1-2H3. The van der Waals surface area contributed by atoms with Crippen molar-refractivity contribution in [2.75, 3.05) is 13.2 Å². The van der Waals surface area contributed by atoms with Crippen LogP contribution in [0, 0.1) is 0 Å². The molecule has 0 heterocycles.